The van der Waals surface area contributed by atoms with Crippen molar-refractivity contribution in [2.45, 2.75) is 12.5 Å². The monoisotopic (exact) mass is 264 g/mol. The van der Waals surface area contributed by atoms with Gasteiger partial charge in [-0.2, -0.15) is 5.26 Å². The topological polar surface area (TPSA) is 91.6 Å². The second-order valence-electron chi connectivity index (χ2n) is 3.84. The third-order valence-corrected chi connectivity index (χ3v) is 2.59. The number of hydrogen-bond donors (Lipinski definition) is 2. The number of carbonyl (C=O) groups is 1. The highest BCUT2D eigenvalue weighted by atomic mass is 16.5. The van der Waals surface area contributed by atoms with Crippen LogP contribution in [-0.2, 0) is 9.53 Å². The zero-order valence-electron chi connectivity index (χ0n) is 10.8. The standard InChI is InChI=1S/C13H16N2O4/c1-18-6-5-11(13(16)17)15-12-7-10(19-2)4-3-9(12)8-14/h3-4,7,11,15H,5-6H2,1-2H3,(H,16,17). The summed E-state index contributed by atoms with van der Waals surface area (Å²) in [6.07, 6.45) is 0.300. The number of rotatable bonds is 7. The number of nitrogens with zero attached hydrogens (tertiary/aromatic N) is 1. The van der Waals surface area contributed by atoms with Gasteiger partial charge >= 0.3 is 5.97 Å². The van der Waals surface area contributed by atoms with Gasteiger partial charge in [-0.15, -0.1) is 0 Å². The second kappa shape index (κ2) is 7.24. The highest BCUT2D eigenvalue weighted by Crippen LogP contribution is 2.23. The molecule has 0 aliphatic carbocycles. The van der Waals surface area contributed by atoms with E-state index in [1.54, 1.807) is 18.2 Å². The molecule has 0 amide bonds. The smallest absolute Gasteiger partial charge is 0.326 e. The van der Waals surface area contributed by atoms with E-state index in [1.165, 1.54) is 14.2 Å². The Labute approximate surface area is 111 Å². The molecule has 0 aliphatic rings. The number of aliphatic carboxylic acids is 1. The lowest BCUT2D eigenvalue weighted by atomic mass is 10.1. The minimum Gasteiger partial charge on any atom is -0.497 e. The number of nitriles is 1. The summed E-state index contributed by atoms with van der Waals surface area (Å²) in [7, 11) is 3.01. The molecule has 0 aliphatic heterocycles. The predicted octanol–water partition coefficient (Wildman–Crippen LogP) is 1.47. The summed E-state index contributed by atoms with van der Waals surface area (Å²) in [5, 5.41) is 21.0. The Morgan fingerprint density at radius 2 is 2.26 bits per heavy atom. The van der Waals surface area contributed by atoms with Crippen LogP contribution in [0, 0.1) is 11.3 Å². The van der Waals surface area contributed by atoms with Crippen molar-refractivity contribution in [2.75, 3.05) is 26.1 Å². The number of ether oxygens (including phenoxy) is 2. The average molecular weight is 264 g/mol. The van der Waals surface area contributed by atoms with Crippen molar-refractivity contribution in [3.05, 3.63) is 23.8 Å². The zero-order chi connectivity index (χ0) is 14.3. The molecule has 19 heavy (non-hydrogen) atoms. The van der Waals surface area contributed by atoms with Crippen molar-refractivity contribution in [1.29, 1.82) is 5.26 Å². The van der Waals surface area contributed by atoms with Crippen LogP contribution in [0.5, 0.6) is 5.75 Å². The highest BCUT2D eigenvalue weighted by molar-refractivity contribution is 5.78. The van der Waals surface area contributed by atoms with Gasteiger partial charge in [0.15, 0.2) is 0 Å². The lowest BCUT2D eigenvalue weighted by molar-refractivity contribution is -0.138. The molecule has 6 heteroatoms. The largest absolute Gasteiger partial charge is 0.497 e. The number of methoxy groups -OCH3 is 2. The Morgan fingerprint density at radius 3 is 2.79 bits per heavy atom. The molecule has 0 aromatic heterocycles. The molecular weight excluding hydrogens is 248 g/mol. The minimum atomic E-state index is -0.997. The molecule has 0 saturated carbocycles. The first-order valence-electron chi connectivity index (χ1n) is 5.68. The summed E-state index contributed by atoms with van der Waals surface area (Å²) in [5.41, 5.74) is 0.801. The highest BCUT2D eigenvalue weighted by Gasteiger charge is 2.18. The molecule has 1 aromatic rings. The van der Waals surface area contributed by atoms with Crippen molar-refractivity contribution in [2.24, 2.45) is 0 Å². The van der Waals surface area contributed by atoms with E-state index in [0.29, 0.717) is 30.0 Å². The maximum atomic E-state index is 11.1. The first-order valence-corrected chi connectivity index (χ1v) is 5.68. The Morgan fingerprint density at radius 1 is 1.53 bits per heavy atom. The number of carboxylic acids is 1. The van der Waals surface area contributed by atoms with Gasteiger partial charge in [0.1, 0.15) is 17.9 Å². The molecule has 1 rings (SSSR count). The van der Waals surface area contributed by atoms with Crippen LogP contribution in [0.2, 0.25) is 0 Å². The maximum Gasteiger partial charge on any atom is 0.326 e. The molecule has 0 fully saturated rings. The van der Waals surface area contributed by atoms with Gasteiger partial charge in [0, 0.05) is 26.2 Å². The fourth-order valence-corrected chi connectivity index (χ4v) is 1.55. The van der Waals surface area contributed by atoms with Gasteiger partial charge in [0.2, 0.25) is 0 Å². The lowest BCUT2D eigenvalue weighted by Crippen LogP contribution is -2.30. The van der Waals surface area contributed by atoms with Crippen molar-refractivity contribution in [1.82, 2.24) is 0 Å². The van der Waals surface area contributed by atoms with E-state index in [4.69, 9.17) is 19.8 Å². The van der Waals surface area contributed by atoms with E-state index in [-0.39, 0.29) is 0 Å². The second-order valence-corrected chi connectivity index (χ2v) is 3.84. The van der Waals surface area contributed by atoms with Gasteiger partial charge in [-0.25, -0.2) is 4.79 Å². The fraction of sp³-hybridized carbons (Fsp3) is 0.385. The van der Waals surface area contributed by atoms with E-state index in [0.717, 1.165) is 0 Å². The summed E-state index contributed by atoms with van der Waals surface area (Å²) in [5.74, 6) is -0.443. The molecule has 0 radical (unpaired) electrons. The van der Waals surface area contributed by atoms with Gasteiger partial charge in [-0.3, -0.25) is 0 Å². The number of hydrogen-bond acceptors (Lipinski definition) is 5. The summed E-state index contributed by atoms with van der Waals surface area (Å²) in [4.78, 5) is 11.1. The first kappa shape index (κ1) is 14.8. The molecule has 0 saturated heterocycles. The van der Waals surface area contributed by atoms with Crippen molar-refractivity contribution < 1.29 is 19.4 Å². The lowest BCUT2D eigenvalue weighted by Gasteiger charge is -2.16. The van der Waals surface area contributed by atoms with Crippen LogP contribution in [0.3, 0.4) is 0 Å². The molecule has 6 nitrogen and oxygen atoms in total. The van der Waals surface area contributed by atoms with E-state index in [2.05, 4.69) is 5.32 Å². The van der Waals surface area contributed by atoms with Crippen molar-refractivity contribution in [3.63, 3.8) is 0 Å². The predicted molar refractivity (Wildman–Crippen MR) is 69.2 cm³/mol. The molecule has 0 bridgehead atoms. The number of benzene rings is 1. The molecule has 102 valence electrons. The number of anilines is 1. The van der Waals surface area contributed by atoms with Crippen LogP contribution < -0.4 is 10.1 Å². The van der Waals surface area contributed by atoms with Crippen LogP contribution in [0.25, 0.3) is 0 Å². The Hall–Kier alpha value is -2.26. The van der Waals surface area contributed by atoms with E-state index < -0.39 is 12.0 Å². The molecule has 2 N–H and O–H groups in total. The van der Waals surface area contributed by atoms with E-state index in [1.807, 2.05) is 6.07 Å². The van der Waals surface area contributed by atoms with E-state index >= 15 is 0 Å². The molecule has 0 spiro atoms. The summed E-state index contributed by atoms with van der Waals surface area (Å²) in [6, 6.07) is 6.01. The fourth-order valence-electron chi connectivity index (χ4n) is 1.55. The molecule has 1 aromatic carbocycles. The average Bonchev–Trinajstić information content (AvgIpc) is 2.42. The summed E-state index contributed by atoms with van der Waals surface area (Å²) < 4.78 is 9.92. The molecular formula is C13H16N2O4. The zero-order valence-corrected chi connectivity index (χ0v) is 10.8. The number of carboxylic acid groups (broad SMARTS) is 1. The van der Waals surface area contributed by atoms with Crippen molar-refractivity contribution >= 4 is 11.7 Å². The SMILES string of the molecule is COCCC(Nc1cc(OC)ccc1C#N)C(=O)O. The Bertz CT molecular complexity index is 482. The summed E-state index contributed by atoms with van der Waals surface area (Å²) >= 11 is 0. The third-order valence-electron chi connectivity index (χ3n) is 2.59. The minimum absolute atomic E-state index is 0.300. The number of nitrogens with one attached hydrogen (secondary N) is 1. The summed E-state index contributed by atoms with van der Waals surface area (Å²) in [6.45, 7) is 0.315. The van der Waals surface area contributed by atoms with Crippen LogP contribution in [0.4, 0.5) is 5.69 Å². The van der Waals surface area contributed by atoms with Gasteiger partial charge in [0.05, 0.1) is 18.4 Å². The van der Waals surface area contributed by atoms with E-state index in [9.17, 15) is 4.79 Å². The van der Waals surface area contributed by atoms with Crippen LogP contribution in [-0.4, -0.2) is 37.9 Å². The van der Waals surface area contributed by atoms with Crippen LogP contribution in [0.15, 0.2) is 18.2 Å². The van der Waals surface area contributed by atoms with Crippen LogP contribution in [0.1, 0.15) is 12.0 Å². The van der Waals surface area contributed by atoms with Crippen molar-refractivity contribution in [3.8, 4) is 11.8 Å². The van der Waals surface area contributed by atoms with Gasteiger partial charge in [-0.1, -0.05) is 0 Å². The van der Waals surface area contributed by atoms with Gasteiger partial charge in [0.25, 0.3) is 0 Å². The molecule has 1 atom stereocenters. The maximum absolute atomic E-state index is 11.1. The first-order chi connectivity index (χ1) is 9.12. The molecule has 0 heterocycles. The van der Waals surface area contributed by atoms with Gasteiger partial charge < -0.3 is 19.9 Å². The Kier molecular flexibility index (Phi) is 5.64. The normalized spacial score (nSPS) is 11.4. The molecule has 1 unspecified atom stereocenters. The van der Waals surface area contributed by atoms with Gasteiger partial charge in [-0.05, 0) is 12.1 Å². The quantitative estimate of drug-likeness (QED) is 0.774. The third kappa shape index (κ3) is 4.16. The Balaban J connectivity index is 2.94. The van der Waals surface area contributed by atoms with Crippen LogP contribution >= 0.6 is 0 Å².